The minimum Gasteiger partial charge on any atom is -0.370 e. The molecule has 0 bridgehead atoms. The largest absolute Gasteiger partial charge is 0.370 e. The highest BCUT2D eigenvalue weighted by Crippen LogP contribution is 2.40. The van der Waals surface area contributed by atoms with E-state index in [4.69, 9.17) is 5.73 Å². The van der Waals surface area contributed by atoms with E-state index in [1.165, 1.54) is 30.8 Å². The van der Waals surface area contributed by atoms with Crippen molar-refractivity contribution >= 4 is 41.7 Å². The molecule has 1 saturated carbocycles. The molecule has 1 aliphatic heterocycles. The minimum absolute atomic E-state index is 0. The minimum atomic E-state index is 0. The molecule has 0 radical (unpaired) electrons. The third-order valence-corrected chi connectivity index (χ3v) is 4.46. The number of aliphatic imine (C=N–C) groups is 1. The molecule has 0 atom stereocenters. The van der Waals surface area contributed by atoms with E-state index in [-0.39, 0.29) is 24.0 Å². The first-order valence-electron chi connectivity index (χ1n) is 5.82. The van der Waals surface area contributed by atoms with Crippen LogP contribution >= 0.6 is 35.7 Å². The predicted octanol–water partition coefficient (Wildman–Crippen LogP) is 2.16. The zero-order chi connectivity index (χ0) is 10.7. The van der Waals surface area contributed by atoms with Gasteiger partial charge in [-0.05, 0) is 18.3 Å². The van der Waals surface area contributed by atoms with Gasteiger partial charge in [-0.3, -0.25) is 4.99 Å². The van der Waals surface area contributed by atoms with Gasteiger partial charge in [0.05, 0.1) is 0 Å². The summed E-state index contributed by atoms with van der Waals surface area (Å²) in [5.41, 5.74) is 6.45. The second-order valence-corrected chi connectivity index (χ2v) is 6.16. The van der Waals surface area contributed by atoms with Crippen molar-refractivity contribution in [1.82, 2.24) is 4.90 Å². The Morgan fingerprint density at radius 2 is 2.00 bits per heavy atom. The van der Waals surface area contributed by atoms with Gasteiger partial charge >= 0.3 is 0 Å². The van der Waals surface area contributed by atoms with E-state index in [9.17, 15) is 0 Å². The summed E-state index contributed by atoms with van der Waals surface area (Å²) in [4.78, 5) is 6.77. The Hall–Kier alpha value is 0.350. The fourth-order valence-corrected chi connectivity index (χ4v) is 3.01. The summed E-state index contributed by atoms with van der Waals surface area (Å²) in [5.74, 6) is 3.14. The van der Waals surface area contributed by atoms with Crippen molar-refractivity contribution in [2.45, 2.75) is 26.2 Å². The standard InChI is InChI=1S/C11H21N3S.HI/c1-11(3-2-4-11)9-13-10(12)14-5-7-15-8-6-14;/h2-9H2,1H3,(H2,12,13);1H. The third-order valence-electron chi connectivity index (χ3n) is 3.52. The first-order chi connectivity index (χ1) is 7.20. The summed E-state index contributed by atoms with van der Waals surface area (Å²) in [7, 11) is 0. The van der Waals surface area contributed by atoms with Crippen LogP contribution in [0.2, 0.25) is 0 Å². The number of thioether (sulfide) groups is 1. The van der Waals surface area contributed by atoms with Crippen LogP contribution in [-0.2, 0) is 0 Å². The maximum Gasteiger partial charge on any atom is 0.191 e. The Morgan fingerprint density at radius 3 is 2.50 bits per heavy atom. The normalized spacial score (nSPS) is 24.6. The molecule has 0 aromatic heterocycles. The number of hydrogen-bond acceptors (Lipinski definition) is 2. The van der Waals surface area contributed by atoms with Gasteiger partial charge in [0.1, 0.15) is 0 Å². The van der Waals surface area contributed by atoms with E-state index in [1.54, 1.807) is 0 Å². The van der Waals surface area contributed by atoms with E-state index < -0.39 is 0 Å². The molecule has 0 aromatic rings. The molecule has 16 heavy (non-hydrogen) atoms. The summed E-state index contributed by atoms with van der Waals surface area (Å²) < 4.78 is 0. The lowest BCUT2D eigenvalue weighted by Crippen LogP contribution is -2.43. The predicted molar refractivity (Wildman–Crippen MR) is 82.8 cm³/mol. The monoisotopic (exact) mass is 355 g/mol. The van der Waals surface area contributed by atoms with Crippen molar-refractivity contribution < 1.29 is 0 Å². The second-order valence-electron chi connectivity index (χ2n) is 4.94. The van der Waals surface area contributed by atoms with Crippen LogP contribution in [-0.4, -0.2) is 42.0 Å². The van der Waals surface area contributed by atoms with Gasteiger partial charge < -0.3 is 10.6 Å². The quantitative estimate of drug-likeness (QED) is 0.469. The number of guanidine groups is 1. The fraction of sp³-hybridized carbons (Fsp3) is 0.909. The molecule has 1 saturated heterocycles. The van der Waals surface area contributed by atoms with Crippen molar-refractivity contribution in [3.8, 4) is 0 Å². The van der Waals surface area contributed by atoms with Crippen LogP contribution in [0.1, 0.15) is 26.2 Å². The van der Waals surface area contributed by atoms with Crippen molar-refractivity contribution in [1.29, 1.82) is 0 Å². The van der Waals surface area contributed by atoms with Crippen molar-refractivity contribution in [2.24, 2.45) is 16.1 Å². The molecule has 3 nitrogen and oxygen atoms in total. The molecule has 2 rings (SSSR count). The first-order valence-corrected chi connectivity index (χ1v) is 6.98. The second kappa shape index (κ2) is 6.33. The van der Waals surface area contributed by atoms with E-state index >= 15 is 0 Å². The molecule has 2 fully saturated rings. The lowest BCUT2D eigenvalue weighted by molar-refractivity contribution is 0.173. The summed E-state index contributed by atoms with van der Waals surface area (Å²) in [5, 5.41) is 0. The van der Waals surface area contributed by atoms with E-state index in [2.05, 4.69) is 16.8 Å². The van der Waals surface area contributed by atoms with Gasteiger partial charge in [-0.25, -0.2) is 0 Å². The topological polar surface area (TPSA) is 41.6 Å². The van der Waals surface area contributed by atoms with Gasteiger partial charge in [0.2, 0.25) is 0 Å². The van der Waals surface area contributed by atoms with Crippen LogP contribution in [0.15, 0.2) is 4.99 Å². The first kappa shape index (κ1) is 14.4. The molecule has 2 aliphatic rings. The van der Waals surface area contributed by atoms with Crippen molar-refractivity contribution in [2.75, 3.05) is 31.1 Å². The Balaban J connectivity index is 0.00000128. The average Bonchev–Trinajstić information content (AvgIpc) is 2.24. The van der Waals surface area contributed by atoms with Crippen LogP contribution in [0, 0.1) is 5.41 Å². The van der Waals surface area contributed by atoms with E-state index in [0.717, 1.165) is 25.6 Å². The highest BCUT2D eigenvalue weighted by atomic mass is 127. The van der Waals surface area contributed by atoms with Crippen molar-refractivity contribution in [3.05, 3.63) is 0 Å². The van der Waals surface area contributed by atoms with Crippen LogP contribution in [0.25, 0.3) is 0 Å². The number of rotatable bonds is 2. The maximum atomic E-state index is 6.00. The zero-order valence-electron chi connectivity index (χ0n) is 9.95. The van der Waals surface area contributed by atoms with Gasteiger partial charge in [0.25, 0.3) is 0 Å². The molecule has 1 aliphatic carbocycles. The van der Waals surface area contributed by atoms with Gasteiger partial charge in [-0.15, -0.1) is 24.0 Å². The number of hydrogen-bond donors (Lipinski definition) is 1. The SMILES string of the molecule is CC1(CN=C(N)N2CCSCC2)CCC1.I. The summed E-state index contributed by atoms with van der Waals surface area (Å²) in [6.07, 6.45) is 4.01. The number of nitrogens with zero attached hydrogens (tertiary/aromatic N) is 2. The third kappa shape index (κ3) is 3.68. The number of halogens is 1. The molecule has 94 valence electrons. The molecule has 0 aromatic carbocycles. The molecule has 0 spiro atoms. The van der Waals surface area contributed by atoms with Gasteiger partial charge in [-0.1, -0.05) is 13.3 Å². The summed E-state index contributed by atoms with van der Waals surface area (Å²) in [6.45, 7) is 5.37. The Labute approximate surface area is 120 Å². The van der Waals surface area contributed by atoms with Gasteiger partial charge in [0.15, 0.2) is 5.96 Å². The van der Waals surface area contributed by atoms with Crippen LogP contribution in [0.5, 0.6) is 0 Å². The molecule has 2 N–H and O–H groups in total. The van der Waals surface area contributed by atoms with E-state index in [1.807, 2.05) is 11.8 Å². The number of nitrogens with two attached hydrogens (primary N) is 1. The van der Waals surface area contributed by atoms with Crippen LogP contribution in [0.3, 0.4) is 0 Å². The van der Waals surface area contributed by atoms with Gasteiger partial charge in [0, 0.05) is 31.1 Å². The fourth-order valence-electron chi connectivity index (χ4n) is 2.10. The van der Waals surface area contributed by atoms with E-state index in [0.29, 0.717) is 5.41 Å². The molecule has 5 heteroatoms. The summed E-state index contributed by atoms with van der Waals surface area (Å²) in [6, 6.07) is 0. The lowest BCUT2D eigenvalue weighted by atomic mass is 9.71. The molecule has 1 heterocycles. The molecule has 0 unspecified atom stereocenters. The highest BCUT2D eigenvalue weighted by Gasteiger charge is 2.31. The van der Waals surface area contributed by atoms with Crippen LogP contribution < -0.4 is 5.73 Å². The smallest absolute Gasteiger partial charge is 0.191 e. The highest BCUT2D eigenvalue weighted by molar-refractivity contribution is 14.0. The summed E-state index contributed by atoms with van der Waals surface area (Å²) >= 11 is 2.00. The van der Waals surface area contributed by atoms with Gasteiger partial charge in [-0.2, -0.15) is 11.8 Å². The Bertz CT molecular complexity index is 248. The molecule has 0 amide bonds. The Kier molecular flexibility index (Phi) is 5.70. The van der Waals surface area contributed by atoms with Crippen molar-refractivity contribution in [3.63, 3.8) is 0 Å². The average molecular weight is 355 g/mol. The molecular weight excluding hydrogens is 333 g/mol. The van der Waals surface area contributed by atoms with Crippen LogP contribution in [0.4, 0.5) is 0 Å². The lowest BCUT2D eigenvalue weighted by Gasteiger charge is -2.37. The molecular formula is C11H22IN3S. The zero-order valence-corrected chi connectivity index (χ0v) is 13.1. The Morgan fingerprint density at radius 1 is 1.38 bits per heavy atom. The maximum absolute atomic E-state index is 6.00.